The number of H-pyrrole nitrogens is 1. The summed E-state index contributed by atoms with van der Waals surface area (Å²) in [5.74, 6) is -0.256. The minimum Gasteiger partial charge on any atom is -0.304 e. The molecule has 6 nitrogen and oxygen atoms in total. The first kappa shape index (κ1) is 18.1. The zero-order valence-corrected chi connectivity index (χ0v) is 15.7. The van der Waals surface area contributed by atoms with Crippen molar-refractivity contribution in [2.75, 3.05) is 0 Å². The Labute approximate surface area is 162 Å². The number of halogens is 1. The predicted molar refractivity (Wildman–Crippen MR) is 105 cm³/mol. The second-order valence-corrected chi connectivity index (χ2v) is 6.70. The first-order valence-electron chi connectivity index (χ1n) is 9.10. The van der Waals surface area contributed by atoms with Crippen LogP contribution in [0.2, 0.25) is 0 Å². The molecule has 28 heavy (non-hydrogen) atoms. The van der Waals surface area contributed by atoms with E-state index in [1.54, 1.807) is 24.5 Å². The quantitative estimate of drug-likeness (QED) is 0.534. The third kappa shape index (κ3) is 3.70. The van der Waals surface area contributed by atoms with Gasteiger partial charge in [-0.05, 0) is 56.3 Å². The third-order valence-electron chi connectivity index (χ3n) is 4.77. The van der Waals surface area contributed by atoms with Crippen LogP contribution in [-0.2, 0) is 6.54 Å². The summed E-state index contributed by atoms with van der Waals surface area (Å²) in [6.45, 7) is 4.76. The molecule has 0 unspecified atom stereocenters. The molecule has 2 N–H and O–H groups in total. The number of aromatic amines is 1. The summed E-state index contributed by atoms with van der Waals surface area (Å²) in [6.07, 6.45) is 5.39. The Kier molecular flexibility index (Phi) is 4.99. The Bertz CT molecular complexity index is 1050. The Hall–Kier alpha value is -3.32. The van der Waals surface area contributed by atoms with E-state index in [2.05, 4.69) is 32.5 Å². The van der Waals surface area contributed by atoms with Gasteiger partial charge in [0.25, 0.3) is 0 Å². The average molecular weight is 376 g/mol. The van der Waals surface area contributed by atoms with E-state index in [1.807, 2.05) is 36.0 Å². The highest BCUT2D eigenvalue weighted by molar-refractivity contribution is 5.57. The zero-order chi connectivity index (χ0) is 19.5. The van der Waals surface area contributed by atoms with Crippen molar-refractivity contribution in [1.29, 1.82) is 0 Å². The fourth-order valence-electron chi connectivity index (χ4n) is 3.18. The first-order chi connectivity index (χ1) is 13.6. The SMILES string of the molecule is Cc1c([C@@H](C)NCc2cc(-c3cccnc3)n[nH]2)cnn1-c1ccc(F)cc1. The van der Waals surface area contributed by atoms with Gasteiger partial charge < -0.3 is 5.32 Å². The van der Waals surface area contributed by atoms with Crippen LogP contribution in [0, 0.1) is 12.7 Å². The number of hydrogen-bond acceptors (Lipinski definition) is 4. The van der Waals surface area contributed by atoms with Gasteiger partial charge in [-0.1, -0.05) is 0 Å². The lowest BCUT2D eigenvalue weighted by atomic mass is 10.1. The standard InChI is InChI=1S/C21H21FN6/c1-14(20-13-25-28(15(20)2)19-7-5-17(22)6-8-19)24-12-18-10-21(27-26-18)16-4-3-9-23-11-16/h3-11,13-14,24H,12H2,1-2H3,(H,26,27)/t14-/m1/s1. The molecule has 0 aliphatic rings. The van der Waals surface area contributed by atoms with Gasteiger partial charge in [0.2, 0.25) is 0 Å². The van der Waals surface area contributed by atoms with Gasteiger partial charge >= 0.3 is 0 Å². The number of benzene rings is 1. The van der Waals surface area contributed by atoms with Gasteiger partial charge in [0.05, 0.1) is 17.6 Å². The predicted octanol–water partition coefficient (Wildman–Crippen LogP) is 3.96. The van der Waals surface area contributed by atoms with Gasteiger partial charge in [-0.15, -0.1) is 0 Å². The lowest BCUT2D eigenvalue weighted by Crippen LogP contribution is -2.19. The fourth-order valence-corrected chi connectivity index (χ4v) is 3.18. The van der Waals surface area contributed by atoms with Gasteiger partial charge in [-0.2, -0.15) is 10.2 Å². The topological polar surface area (TPSA) is 71.4 Å². The van der Waals surface area contributed by atoms with Crippen LogP contribution < -0.4 is 5.32 Å². The number of nitrogens with zero attached hydrogens (tertiary/aromatic N) is 4. The van der Waals surface area contributed by atoms with Crippen LogP contribution in [0.1, 0.15) is 29.9 Å². The minimum atomic E-state index is -0.256. The molecule has 0 amide bonds. The van der Waals surface area contributed by atoms with E-state index in [-0.39, 0.29) is 11.9 Å². The van der Waals surface area contributed by atoms with E-state index >= 15 is 0 Å². The second-order valence-electron chi connectivity index (χ2n) is 6.70. The van der Waals surface area contributed by atoms with Crippen LogP contribution in [0.25, 0.3) is 16.9 Å². The molecule has 0 aliphatic carbocycles. The summed E-state index contributed by atoms with van der Waals surface area (Å²) < 4.78 is 15.0. The molecule has 0 bridgehead atoms. The molecular weight excluding hydrogens is 355 g/mol. The maximum Gasteiger partial charge on any atom is 0.123 e. The molecule has 1 atom stereocenters. The van der Waals surface area contributed by atoms with E-state index in [9.17, 15) is 4.39 Å². The van der Waals surface area contributed by atoms with Crippen molar-refractivity contribution in [3.8, 4) is 16.9 Å². The van der Waals surface area contributed by atoms with Crippen molar-refractivity contribution in [2.45, 2.75) is 26.4 Å². The van der Waals surface area contributed by atoms with Crippen molar-refractivity contribution in [3.63, 3.8) is 0 Å². The maximum absolute atomic E-state index is 13.2. The normalized spacial score (nSPS) is 12.2. The Morgan fingerprint density at radius 2 is 2.00 bits per heavy atom. The zero-order valence-electron chi connectivity index (χ0n) is 15.7. The molecule has 0 fully saturated rings. The van der Waals surface area contributed by atoms with E-state index < -0.39 is 0 Å². The molecule has 1 aromatic carbocycles. The van der Waals surface area contributed by atoms with Crippen molar-refractivity contribution in [2.24, 2.45) is 0 Å². The molecule has 0 saturated heterocycles. The summed E-state index contributed by atoms with van der Waals surface area (Å²) in [6, 6.07) is 12.3. The largest absolute Gasteiger partial charge is 0.304 e. The van der Waals surface area contributed by atoms with Crippen LogP contribution in [0.5, 0.6) is 0 Å². The molecule has 0 radical (unpaired) electrons. The van der Waals surface area contributed by atoms with Gasteiger partial charge in [-0.25, -0.2) is 9.07 Å². The van der Waals surface area contributed by atoms with Gasteiger partial charge in [0.15, 0.2) is 0 Å². The fraction of sp³-hybridized carbons (Fsp3) is 0.190. The van der Waals surface area contributed by atoms with Crippen molar-refractivity contribution >= 4 is 0 Å². The molecule has 3 heterocycles. The smallest absolute Gasteiger partial charge is 0.123 e. The number of rotatable bonds is 6. The van der Waals surface area contributed by atoms with Crippen LogP contribution in [0.15, 0.2) is 61.1 Å². The van der Waals surface area contributed by atoms with Crippen molar-refractivity contribution in [1.82, 2.24) is 30.3 Å². The van der Waals surface area contributed by atoms with E-state index in [0.717, 1.165) is 33.9 Å². The lowest BCUT2D eigenvalue weighted by Gasteiger charge is -2.13. The van der Waals surface area contributed by atoms with Crippen LogP contribution >= 0.6 is 0 Å². The highest BCUT2D eigenvalue weighted by Gasteiger charge is 2.14. The molecule has 142 valence electrons. The number of pyridine rings is 1. The van der Waals surface area contributed by atoms with Crippen molar-refractivity contribution < 1.29 is 4.39 Å². The minimum absolute atomic E-state index is 0.0966. The summed E-state index contributed by atoms with van der Waals surface area (Å²) >= 11 is 0. The molecule has 4 aromatic rings. The summed E-state index contributed by atoms with van der Waals surface area (Å²) in [4.78, 5) is 4.13. The van der Waals surface area contributed by atoms with Crippen molar-refractivity contribution in [3.05, 3.63) is 83.8 Å². The second kappa shape index (κ2) is 7.74. The lowest BCUT2D eigenvalue weighted by molar-refractivity contribution is 0.564. The maximum atomic E-state index is 13.2. The Morgan fingerprint density at radius 1 is 1.18 bits per heavy atom. The summed E-state index contributed by atoms with van der Waals surface area (Å²) in [5, 5.41) is 15.4. The van der Waals surface area contributed by atoms with E-state index in [1.165, 1.54) is 12.1 Å². The molecule has 7 heteroatoms. The van der Waals surface area contributed by atoms with Gasteiger partial charge in [0, 0.05) is 47.5 Å². The Balaban J connectivity index is 1.44. The Morgan fingerprint density at radius 3 is 2.75 bits per heavy atom. The molecule has 4 rings (SSSR count). The molecule has 0 saturated carbocycles. The van der Waals surface area contributed by atoms with Crippen LogP contribution in [0.3, 0.4) is 0 Å². The van der Waals surface area contributed by atoms with Gasteiger partial charge in [0.1, 0.15) is 5.82 Å². The summed E-state index contributed by atoms with van der Waals surface area (Å²) in [7, 11) is 0. The number of aromatic nitrogens is 5. The highest BCUT2D eigenvalue weighted by Crippen LogP contribution is 2.21. The van der Waals surface area contributed by atoms with Crippen LogP contribution in [-0.4, -0.2) is 25.0 Å². The molecular formula is C21H21FN6. The monoisotopic (exact) mass is 376 g/mol. The first-order valence-corrected chi connectivity index (χ1v) is 9.10. The van der Waals surface area contributed by atoms with E-state index in [4.69, 9.17) is 0 Å². The van der Waals surface area contributed by atoms with E-state index in [0.29, 0.717) is 6.54 Å². The summed E-state index contributed by atoms with van der Waals surface area (Å²) in [5.41, 5.74) is 5.80. The molecule has 3 aromatic heterocycles. The molecule has 0 aliphatic heterocycles. The highest BCUT2D eigenvalue weighted by atomic mass is 19.1. The van der Waals surface area contributed by atoms with Gasteiger partial charge in [-0.3, -0.25) is 10.1 Å². The number of hydrogen-bond donors (Lipinski definition) is 2. The molecule has 0 spiro atoms. The van der Waals surface area contributed by atoms with Crippen LogP contribution in [0.4, 0.5) is 4.39 Å². The average Bonchev–Trinajstić information content (AvgIpc) is 3.34. The number of nitrogens with one attached hydrogen (secondary N) is 2. The third-order valence-corrected chi connectivity index (χ3v) is 4.77.